The van der Waals surface area contributed by atoms with Crippen LogP contribution in [0.4, 0.5) is 5.69 Å². The summed E-state index contributed by atoms with van der Waals surface area (Å²) in [6.07, 6.45) is 5.81. The molecule has 1 aliphatic carbocycles. The Kier molecular flexibility index (Phi) is 5.24. The molecule has 19 heavy (non-hydrogen) atoms. The van der Waals surface area contributed by atoms with Crippen LogP contribution >= 0.6 is 27.7 Å². The summed E-state index contributed by atoms with van der Waals surface area (Å²) in [6, 6.07) is 5.64. The van der Waals surface area contributed by atoms with E-state index in [2.05, 4.69) is 27.5 Å². The summed E-state index contributed by atoms with van der Waals surface area (Å²) in [5.41, 5.74) is 1.09. The first-order valence-corrected chi connectivity index (χ1v) is 8.36. The van der Waals surface area contributed by atoms with Crippen LogP contribution in [0, 0.1) is 10.1 Å². The Balaban J connectivity index is 1.94. The molecule has 2 rings (SSSR count). The number of thioether (sulfide) groups is 1. The lowest BCUT2D eigenvalue weighted by atomic mass is 10.2. The standard InChI is InChI=1S/C13H17BrN2O2S/c1-19-13-3-2-11(7-13)15-8-9-4-10(14)6-12(5-9)16(17)18/h4-6,11,13,15H,2-3,7-8H2,1H3. The minimum absolute atomic E-state index is 0.139. The second-order valence-corrected chi connectivity index (χ2v) is 6.88. The number of halogens is 1. The molecule has 1 aromatic rings. The number of hydrogen-bond donors (Lipinski definition) is 1. The largest absolute Gasteiger partial charge is 0.310 e. The van der Waals surface area contributed by atoms with Gasteiger partial charge in [0.05, 0.1) is 4.92 Å². The molecule has 0 saturated heterocycles. The number of rotatable bonds is 5. The van der Waals surface area contributed by atoms with Gasteiger partial charge < -0.3 is 5.32 Å². The molecule has 104 valence electrons. The van der Waals surface area contributed by atoms with Crippen LogP contribution in [0.3, 0.4) is 0 Å². The van der Waals surface area contributed by atoms with Gasteiger partial charge in [-0.1, -0.05) is 15.9 Å². The van der Waals surface area contributed by atoms with E-state index in [0.29, 0.717) is 12.6 Å². The molecule has 1 fully saturated rings. The SMILES string of the molecule is CSC1CCC(NCc2cc(Br)cc([N+](=O)[O-])c2)C1. The summed E-state index contributed by atoms with van der Waals surface area (Å²) in [4.78, 5) is 10.5. The van der Waals surface area contributed by atoms with Crippen LogP contribution in [-0.4, -0.2) is 22.5 Å². The molecular weight excluding hydrogens is 328 g/mol. The van der Waals surface area contributed by atoms with Gasteiger partial charge in [0, 0.05) is 34.4 Å². The molecule has 0 aromatic heterocycles. The van der Waals surface area contributed by atoms with Crippen molar-refractivity contribution in [2.45, 2.75) is 37.1 Å². The second kappa shape index (κ2) is 6.72. The number of benzene rings is 1. The first-order chi connectivity index (χ1) is 9.08. The number of nitro benzene ring substituents is 1. The predicted octanol–water partition coefficient (Wildman–Crippen LogP) is 3.73. The third kappa shape index (κ3) is 4.19. The summed E-state index contributed by atoms with van der Waals surface area (Å²) >= 11 is 5.25. The van der Waals surface area contributed by atoms with Crippen LogP contribution < -0.4 is 5.32 Å². The molecule has 0 spiro atoms. The number of non-ortho nitro benzene ring substituents is 1. The van der Waals surface area contributed by atoms with E-state index >= 15 is 0 Å². The molecule has 6 heteroatoms. The fourth-order valence-corrected chi connectivity index (χ4v) is 3.77. The topological polar surface area (TPSA) is 55.2 Å². The highest BCUT2D eigenvalue weighted by atomic mass is 79.9. The van der Waals surface area contributed by atoms with Crippen molar-refractivity contribution in [2.75, 3.05) is 6.26 Å². The molecule has 0 bridgehead atoms. The number of nitrogens with one attached hydrogen (secondary N) is 1. The third-order valence-corrected chi connectivity index (χ3v) is 5.02. The van der Waals surface area contributed by atoms with Crippen molar-refractivity contribution in [3.8, 4) is 0 Å². The van der Waals surface area contributed by atoms with Crippen molar-refractivity contribution < 1.29 is 4.92 Å². The smallest absolute Gasteiger partial charge is 0.270 e. The molecular formula is C13H17BrN2O2S. The normalized spacial score (nSPS) is 22.6. The van der Waals surface area contributed by atoms with Crippen LogP contribution in [0.2, 0.25) is 0 Å². The number of nitro groups is 1. The maximum absolute atomic E-state index is 10.8. The van der Waals surface area contributed by atoms with E-state index in [0.717, 1.165) is 15.3 Å². The van der Waals surface area contributed by atoms with Gasteiger partial charge in [-0.05, 0) is 37.1 Å². The minimum Gasteiger partial charge on any atom is -0.310 e. The zero-order valence-corrected chi connectivity index (χ0v) is 13.2. The van der Waals surface area contributed by atoms with Crippen LogP contribution in [0.25, 0.3) is 0 Å². The van der Waals surface area contributed by atoms with Gasteiger partial charge in [0.1, 0.15) is 0 Å². The van der Waals surface area contributed by atoms with Gasteiger partial charge >= 0.3 is 0 Å². The van der Waals surface area contributed by atoms with Crippen molar-refractivity contribution in [1.29, 1.82) is 0 Å². The lowest BCUT2D eigenvalue weighted by Crippen LogP contribution is -2.26. The fourth-order valence-electron chi connectivity index (χ4n) is 2.44. The average Bonchev–Trinajstić information content (AvgIpc) is 2.83. The Morgan fingerprint density at radius 3 is 2.89 bits per heavy atom. The summed E-state index contributed by atoms with van der Waals surface area (Å²) < 4.78 is 0.756. The minimum atomic E-state index is -0.354. The lowest BCUT2D eigenvalue weighted by Gasteiger charge is -2.12. The average molecular weight is 345 g/mol. The van der Waals surface area contributed by atoms with Gasteiger partial charge in [0.2, 0.25) is 0 Å². The summed E-state index contributed by atoms with van der Waals surface area (Å²) in [5, 5.41) is 15.1. The Morgan fingerprint density at radius 2 is 2.26 bits per heavy atom. The van der Waals surface area contributed by atoms with Crippen molar-refractivity contribution in [3.63, 3.8) is 0 Å². The molecule has 2 atom stereocenters. The first-order valence-electron chi connectivity index (χ1n) is 6.28. The van der Waals surface area contributed by atoms with Gasteiger partial charge in [-0.25, -0.2) is 0 Å². The van der Waals surface area contributed by atoms with Gasteiger partial charge in [-0.15, -0.1) is 0 Å². The molecule has 0 heterocycles. The lowest BCUT2D eigenvalue weighted by molar-refractivity contribution is -0.385. The van der Waals surface area contributed by atoms with Crippen molar-refractivity contribution in [3.05, 3.63) is 38.3 Å². The summed E-state index contributed by atoms with van der Waals surface area (Å²) in [5.74, 6) is 0. The van der Waals surface area contributed by atoms with Gasteiger partial charge in [0.25, 0.3) is 5.69 Å². The Labute approximate surface area is 125 Å². The zero-order valence-electron chi connectivity index (χ0n) is 10.8. The van der Waals surface area contributed by atoms with Crippen LogP contribution in [0.15, 0.2) is 22.7 Å². The third-order valence-electron chi connectivity index (χ3n) is 3.47. The first kappa shape index (κ1) is 14.8. The molecule has 1 aliphatic rings. The fraction of sp³-hybridized carbons (Fsp3) is 0.538. The van der Waals surface area contributed by atoms with Gasteiger partial charge in [0.15, 0.2) is 0 Å². The summed E-state index contributed by atoms with van der Waals surface area (Å²) in [6.45, 7) is 0.687. The molecule has 0 aliphatic heterocycles. The van der Waals surface area contributed by atoms with E-state index in [1.807, 2.05) is 17.8 Å². The van der Waals surface area contributed by atoms with Gasteiger partial charge in [-0.2, -0.15) is 11.8 Å². The van der Waals surface area contributed by atoms with E-state index in [9.17, 15) is 10.1 Å². The predicted molar refractivity (Wildman–Crippen MR) is 82.6 cm³/mol. The molecule has 4 nitrogen and oxygen atoms in total. The highest BCUT2D eigenvalue weighted by Gasteiger charge is 2.23. The molecule has 0 amide bonds. The maximum atomic E-state index is 10.8. The molecule has 0 radical (unpaired) electrons. The Morgan fingerprint density at radius 1 is 1.47 bits per heavy atom. The second-order valence-electron chi connectivity index (χ2n) is 4.82. The quantitative estimate of drug-likeness (QED) is 0.653. The van der Waals surface area contributed by atoms with Crippen LogP contribution in [-0.2, 0) is 6.54 Å². The Hall–Kier alpha value is -0.590. The molecule has 1 saturated carbocycles. The van der Waals surface area contributed by atoms with Crippen molar-refractivity contribution in [1.82, 2.24) is 5.32 Å². The Bertz CT molecular complexity index is 470. The number of nitrogens with zero attached hydrogens (tertiary/aromatic N) is 1. The van der Waals surface area contributed by atoms with E-state index in [4.69, 9.17) is 0 Å². The molecule has 1 aromatic carbocycles. The van der Waals surface area contributed by atoms with E-state index in [1.165, 1.54) is 25.3 Å². The van der Waals surface area contributed by atoms with Crippen molar-refractivity contribution in [2.24, 2.45) is 0 Å². The highest BCUT2D eigenvalue weighted by Crippen LogP contribution is 2.28. The monoisotopic (exact) mass is 344 g/mol. The van der Waals surface area contributed by atoms with Crippen LogP contribution in [0.1, 0.15) is 24.8 Å². The molecule has 1 N–H and O–H groups in total. The van der Waals surface area contributed by atoms with E-state index < -0.39 is 0 Å². The van der Waals surface area contributed by atoms with Gasteiger partial charge in [-0.3, -0.25) is 10.1 Å². The maximum Gasteiger partial charge on any atom is 0.270 e. The van der Waals surface area contributed by atoms with E-state index in [-0.39, 0.29) is 10.6 Å². The van der Waals surface area contributed by atoms with Crippen LogP contribution in [0.5, 0.6) is 0 Å². The summed E-state index contributed by atoms with van der Waals surface area (Å²) in [7, 11) is 0. The highest BCUT2D eigenvalue weighted by molar-refractivity contribution is 9.10. The number of hydrogen-bond acceptors (Lipinski definition) is 4. The van der Waals surface area contributed by atoms with E-state index in [1.54, 1.807) is 6.07 Å². The van der Waals surface area contributed by atoms with Crippen molar-refractivity contribution >= 4 is 33.4 Å². The zero-order chi connectivity index (χ0) is 13.8. The molecule has 2 unspecified atom stereocenters.